The van der Waals surface area contributed by atoms with Gasteiger partial charge < -0.3 is 5.32 Å². The third-order valence-corrected chi connectivity index (χ3v) is 3.93. The smallest absolute Gasteiger partial charge is 0.0110 e. The van der Waals surface area contributed by atoms with Crippen molar-refractivity contribution in [1.82, 2.24) is 5.32 Å². The van der Waals surface area contributed by atoms with Gasteiger partial charge in [0.25, 0.3) is 0 Å². The minimum Gasteiger partial charge on any atom is -0.314 e. The molecule has 0 spiro atoms. The van der Waals surface area contributed by atoms with Gasteiger partial charge >= 0.3 is 0 Å². The Morgan fingerprint density at radius 1 is 1.11 bits per heavy atom. The molecule has 0 aliphatic heterocycles. The SMILES string of the molecule is CCNC(Cc1ccccc1)CC(C)C(C)(C)C. The van der Waals surface area contributed by atoms with Gasteiger partial charge in [0.2, 0.25) is 0 Å². The zero-order valence-corrected chi connectivity index (χ0v) is 12.7. The fraction of sp³-hybridized carbons (Fsp3) is 0.647. The second-order valence-corrected chi connectivity index (χ2v) is 6.45. The van der Waals surface area contributed by atoms with Crippen LogP contribution in [0.1, 0.15) is 46.6 Å². The summed E-state index contributed by atoms with van der Waals surface area (Å²) in [6, 6.07) is 11.4. The molecule has 0 amide bonds. The minimum absolute atomic E-state index is 0.393. The lowest BCUT2D eigenvalue weighted by Crippen LogP contribution is -2.35. The topological polar surface area (TPSA) is 12.0 Å². The Hall–Kier alpha value is -0.820. The largest absolute Gasteiger partial charge is 0.314 e. The van der Waals surface area contributed by atoms with Crippen LogP contribution in [0.5, 0.6) is 0 Å². The first-order valence-electron chi connectivity index (χ1n) is 7.20. The van der Waals surface area contributed by atoms with Gasteiger partial charge in [-0.15, -0.1) is 0 Å². The Balaban J connectivity index is 2.60. The van der Waals surface area contributed by atoms with Crippen molar-refractivity contribution in [2.45, 2.75) is 53.5 Å². The molecule has 2 unspecified atom stereocenters. The number of likely N-dealkylation sites (N-methyl/N-ethyl adjacent to an activating group) is 1. The van der Waals surface area contributed by atoms with Crippen molar-refractivity contribution in [3.63, 3.8) is 0 Å². The normalized spacial score (nSPS) is 15.4. The van der Waals surface area contributed by atoms with E-state index in [9.17, 15) is 0 Å². The van der Waals surface area contributed by atoms with E-state index in [4.69, 9.17) is 0 Å². The molecule has 0 saturated heterocycles. The lowest BCUT2D eigenvalue weighted by atomic mass is 9.78. The molecule has 102 valence electrons. The molecule has 0 aromatic heterocycles. The average Bonchev–Trinajstić information content (AvgIpc) is 2.29. The fourth-order valence-electron chi connectivity index (χ4n) is 2.21. The van der Waals surface area contributed by atoms with Gasteiger partial charge in [0.15, 0.2) is 0 Å². The number of hydrogen-bond donors (Lipinski definition) is 1. The first-order chi connectivity index (χ1) is 8.43. The molecule has 1 rings (SSSR count). The fourth-order valence-corrected chi connectivity index (χ4v) is 2.21. The summed E-state index contributed by atoms with van der Waals surface area (Å²) in [4.78, 5) is 0. The van der Waals surface area contributed by atoms with Crippen LogP contribution in [0.3, 0.4) is 0 Å². The summed E-state index contributed by atoms with van der Waals surface area (Å²) in [5.74, 6) is 0.727. The van der Waals surface area contributed by atoms with E-state index in [1.165, 1.54) is 12.0 Å². The Morgan fingerprint density at radius 2 is 1.72 bits per heavy atom. The highest BCUT2D eigenvalue weighted by molar-refractivity contribution is 5.15. The van der Waals surface area contributed by atoms with Crippen LogP contribution in [-0.2, 0) is 6.42 Å². The van der Waals surface area contributed by atoms with E-state index < -0.39 is 0 Å². The molecular weight excluding hydrogens is 218 g/mol. The van der Waals surface area contributed by atoms with E-state index in [0.717, 1.165) is 18.9 Å². The third-order valence-electron chi connectivity index (χ3n) is 3.93. The monoisotopic (exact) mass is 247 g/mol. The summed E-state index contributed by atoms with van der Waals surface area (Å²) >= 11 is 0. The maximum atomic E-state index is 3.63. The van der Waals surface area contributed by atoms with Gasteiger partial charge in [0.1, 0.15) is 0 Å². The molecule has 18 heavy (non-hydrogen) atoms. The number of nitrogens with one attached hydrogen (secondary N) is 1. The summed E-state index contributed by atoms with van der Waals surface area (Å²) in [5.41, 5.74) is 1.83. The van der Waals surface area contributed by atoms with Gasteiger partial charge in [-0.3, -0.25) is 0 Å². The maximum absolute atomic E-state index is 3.63. The predicted octanol–water partition coefficient (Wildman–Crippen LogP) is 4.28. The third kappa shape index (κ3) is 5.22. The van der Waals surface area contributed by atoms with Crippen LogP contribution in [0, 0.1) is 11.3 Å². The zero-order chi connectivity index (χ0) is 13.6. The van der Waals surface area contributed by atoms with Crippen molar-refractivity contribution >= 4 is 0 Å². The Morgan fingerprint density at radius 3 is 2.22 bits per heavy atom. The lowest BCUT2D eigenvalue weighted by molar-refractivity contribution is 0.222. The molecular formula is C17H29N. The van der Waals surface area contributed by atoms with E-state index in [1.54, 1.807) is 0 Å². The van der Waals surface area contributed by atoms with Crippen molar-refractivity contribution in [3.05, 3.63) is 35.9 Å². The lowest BCUT2D eigenvalue weighted by Gasteiger charge is -2.31. The van der Waals surface area contributed by atoms with Crippen LogP contribution in [0.25, 0.3) is 0 Å². The van der Waals surface area contributed by atoms with Crippen molar-refractivity contribution in [2.24, 2.45) is 11.3 Å². The molecule has 1 heteroatoms. The molecule has 0 aliphatic carbocycles. The van der Waals surface area contributed by atoms with Crippen LogP contribution in [0.2, 0.25) is 0 Å². The van der Waals surface area contributed by atoms with Gasteiger partial charge in [-0.05, 0) is 36.3 Å². The molecule has 1 nitrogen and oxygen atoms in total. The van der Waals surface area contributed by atoms with Crippen molar-refractivity contribution in [2.75, 3.05) is 6.54 Å². The van der Waals surface area contributed by atoms with Crippen LogP contribution in [0.4, 0.5) is 0 Å². The van der Waals surface area contributed by atoms with Gasteiger partial charge in [0, 0.05) is 6.04 Å². The molecule has 0 radical (unpaired) electrons. The van der Waals surface area contributed by atoms with E-state index in [2.05, 4.69) is 70.3 Å². The molecule has 1 aromatic carbocycles. The van der Waals surface area contributed by atoms with E-state index in [1.807, 2.05) is 0 Å². The molecule has 1 aromatic rings. The maximum Gasteiger partial charge on any atom is 0.0110 e. The zero-order valence-electron chi connectivity index (χ0n) is 12.7. The molecule has 0 saturated carbocycles. The Kier molecular flexibility index (Phi) is 5.87. The second kappa shape index (κ2) is 6.94. The molecule has 0 aliphatic rings. The Labute approximate surface area is 113 Å². The van der Waals surface area contributed by atoms with E-state index in [0.29, 0.717) is 11.5 Å². The van der Waals surface area contributed by atoms with Gasteiger partial charge in [-0.1, -0.05) is 65.0 Å². The highest BCUT2D eigenvalue weighted by Gasteiger charge is 2.23. The summed E-state index contributed by atoms with van der Waals surface area (Å²) in [6.07, 6.45) is 2.38. The number of hydrogen-bond acceptors (Lipinski definition) is 1. The highest BCUT2D eigenvalue weighted by atomic mass is 14.9. The molecule has 0 fully saturated rings. The minimum atomic E-state index is 0.393. The van der Waals surface area contributed by atoms with E-state index >= 15 is 0 Å². The number of benzene rings is 1. The summed E-state index contributed by atoms with van der Waals surface area (Å²) < 4.78 is 0. The highest BCUT2D eigenvalue weighted by Crippen LogP contribution is 2.29. The first-order valence-corrected chi connectivity index (χ1v) is 7.20. The van der Waals surface area contributed by atoms with Gasteiger partial charge in [-0.25, -0.2) is 0 Å². The quantitative estimate of drug-likeness (QED) is 0.791. The van der Waals surface area contributed by atoms with Crippen LogP contribution >= 0.6 is 0 Å². The Bertz CT molecular complexity index is 323. The first kappa shape index (κ1) is 15.2. The number of rotatable bonds is 6. The van der Waals surface area contributed by atoms with Crippen molar-refractivity contribution in [3.8, 4) is 0 Å². The van der Waals surface area contributed by atoms with Crippen LogP contribution < -0.4 is 5.32 Å². The predicted molar refractivity (Wildman–Crippen MR) is 80.8 cm³/mol. The summed E-state index contributed by atoms with van der Waals surface area (Å²) in [5, 5.41) is 3.63. The van der Waals surface area contributed by atoms with Crippen LogP contribution in [-0.4, -0.2) is 12.6 Å². The molecule has 0 heterocycles. The van der Waals surface area contributed by atoms with Gasteiger partial charge in [0.05, 0.1) is 0 Å². The molecule has 0 bridgehead atoms. The van der Waals surface area contributed by atoms with Crippen molar-refractivity contribution in [1.29, 1.82) is 0 Å². The summed E-state index contributed by atoms with van der Waals surface area (Å²) in [7, 11) is 0. The van der Waals surface area contributed by atoms with Crippen LogP contribution in [0.15, 0.2) is 30.3 Å². The average molecular weight is 247 g/mol. The van der Waals surface area contributed by atoms with Gasteiger partial charge in [-0.2, -0.15) is 0 Å². The van der Waals surface area contributed by atoms with Crippen molar-refractivity contribution < 1.29 is 0 Å². The summed E-state index contributed by atoms with van der Waals surface area (Å²) in [6.45, 7) is 12.6. The second-order valence-electron chi connectivity index (χ2n) is 6.45. The molecule has 1 N–H and O–H groups in total. The van der Waals surface area contributed by atoms with E-state index in [-0.39, 0.29) is 0 Å². The standard InChI is InChI=1S/C17H29N/c1-6-18-16(12-14(2)17(3,4)5)13-15-10-8-7-9-11-15/h7-11,14,16,18H,6,12-13H2,1-5H3. The molecule has 2 atom stereocenters.